The summed E-state index contributed by atoms with van der Waals surface area (Å²) in [4.78, 5) is 26.5. The number of hydrazone groups is 1. The highest BCUT2D eigenvalue weighted by atomic mass is 16.2. The standard InChI is InChI=1S/C23H21N3O2/c27-22(25-24-18-19-10-4-1-5-11-19)16-17-23(28)26(20-12-6-2-7-13-20)21-14-8-3-9-15-21/h1-15,18H,16-17H2,(H,25,27)/b24-18-. The van der Waals surface area contributed by atoms with Crippen molar-refractivity contribution in [3.05, 3.63) is 96.6 Å². The number of benzene rings is 3. The van der Waals surface area contributed by atoms with Gasteiger partial charge in [-0.25, -0.2) is 5.43 Å². The number of anilines is 2. The molecule has 0 heterocycles. The van der Waals surface area contributed by atoms with E-state index in [0.29, 0.717) is 0 Å². The minimum absolute atomic E-state index is 0.0567. The molecule has 0 saturated heterocycles. The Balaban J connectivity index is 1.61. The molecule has 2 amide bonds. The molecule has 3 aromatic rings. The molecule has 0 unspecified atom stereocenters. The first kappa shape index (κ1) is 19.0. The molecular weight excluding hydrogens is 350 g/mol. The van der Waals surface area contributed by atoms with Gasteiger partial charge in [-0.2, -0.15) is 5.10 Å². The van der Waals surface area contributed by atoms with E-state index in [2.05, 4.69) is 10.5 Å². The third-order valence-electron chi connectivity index (χ3n) is 4.05. The van der Waals surface area contributed by atoms with Crippen molar-refractivity contribution in [1.82, 2.24) is 5.43 Å². The molecule has 1 N–H and O–H groups in total. The topological polar surface area (TPSA) is 61.8 Å². The fraction of sp³-hybridized carbons (Fsp3) is 0.0870. The second kappa shape index (κ2) is 9.83. The van der Waals surface area contributed by atoms with Crippen LogP contribution in [0.1, 0.15) is 18.4 Å². The van der Waals surface area contributed by atoms with Gasteiger partial charge < -0.3 is 0 Å². The number of nitrogens with zero attached hydrogens (tertiary/aromatic N) is 2. The molecule has 0 aliphatic rings. The van der Waals surface area contributed by atoms with E-state index in [9.17, 15) is 9.59 Å². The molecule has 5 heteroatoms. The van der Waals surface area contributed by atoms with Gasteiger partial charge in [0.2, 0.25) is 11.8 Å². The van der Waals surface area contributed by atoms with Crippen molar-refractivity contribution >= 4 is 29.4 Å². The van der Waals surface area contributed by atoms with Gasteiger partial charge in [0.25, 0.3) is 0 Å². The van der Waals surface area contributed by atoms with Crippen molar-refractivity contribution in [2.75, 3.05) is 4.90 Å². The number of carbonyl (C=O) groups excluding carboxylic acids is 2. The number of hydrogen-bond acceptors (Lipinski definition) is 3. The summed E-state index contributed by atoms with van der Waals surface area (Å²) >= 11 is 0. The van der Waals surface area contributed by atoms with E-state index >= 15 is 0 Å². The fourth-order valence-corrected chi connectivity index (χ4v) is 2.70. The summed E-state index contributed by atoms with van der Waals surface area (Å²) in [7, 11) is 0. The third-order valence-corrected chi connectivity index (χ3v) is 4.05. The maximum Gasteiger partial charge on any atom is 0.240 e. The van der Waals surface area contributed by atoms with Crippen molar-refractivity contribution in [2.45, 2.75) is 12.8 Å². The van der Waals surface area contributed by atoms with Crippen LogP contribution in [0.25, 0.3) is 0 Å². The summed E-state index contributed by atoms with van der Waals surface area (Å²) in [6, 6.07) is 28.3. The molecule has 0 fully saturated rings. The lowest BCUT2D eigenvalue weighted by molar-refractivity contribution is -0.124. The van der Waals surface area contributed by atoms with Gasteiger partial charge in [0.05, 0.1) is 6.21 Å². The van der Waals surface area contributed by atoms with Crippen LogP contribution in [0.2, 0.25) is 0 Å². The number of carbonyl (C=O) groups is 2. The Labute approximate surface area is 164 Å². The van der Waals surface area contributed by atoms with E-state index in [-0.39, 0.29) is 24.7 Å². The number of nitrogens with one attached hydrogen (secondary N) is 1. The molecule has 0 bridgehead atoms. The molecule has 0 radical (unpaired) electrons. The summed E-state index contributed by atoms with van der Waals surface area (Å²) in [6.07, 6.45) is 1.71. The smallest absolute Gasteiger partial charge is 0.240 e. The highest BCUT2D eigenvalue weighted by Gasteiger charge is 2.18. The van der Waals surface area contributed by atoms with Gasteiger partial charge >= 0.3 is 0 Å². The molecule has 0 aliphatic carbocycles. The van der Waals surface area contributed by atoms with Crippen molar-refractivity contribution in [1.29, 1.82) is 0 Å². The molecule has 0 saturated carbocycles. The summed E-state index contributed by atoms with van der Waals surface area (Å²) in [6.45, 7) is 0. The zero-order valence-corrected chi connectivity index (χ0v) is 15.4. The van der Waals surface area contributed by atoms with Gasteiger partial charge in [-0.15, -0.1) is 0 Å². The summed E-state index contributed by atoms with van der Waals surface area (Å²) in [5, 5.41) is 3.93. The van der Waals surface area contributed by atoms with Gasteiger partial charge in [-0.1, -0.05) is 66.7 Å². The van der Waals surface area contributed by atoms with Crippen LogP contribution in [0, 0.1) is 0 Å². The van der Waals surface area contributed by atoms with Gasteiger partial charge in [-0.3, -0.25) is 14.5 Å². The zero-order valence-electron chi connectivity index (χ0n) is 15.4. The van der Waals surface area contributed by atoms with Gasteiger partial charge in [0.15, 0.2) is 0 Å². The lowest BCUT2D eigenvalue weighted by Crippen LogP contribution is -2.27. The molecule has 28 heavy (non-hydrogen) atoms. The second-order valence-electron chi connectivity index (χ2n) is 6.10. The minimum atomic E-state index is -0.304. The third kappa shape index (κ3) is 5.38. The molecule has 140 valence electrons. The predicted octanol–water partition coefficient (Wildman–Crippen LogP) is 4.28. The minimum Gasteiger partial charge on any atom is -0.281 e. The Hall–Kier alpha value is -3.73. The Morgan fingerprint density at radius 3 is 1.79 bits per heavy atom. The predicted molar refractivity (Wildman–Crippen MR) is 111 cm³/mol. The van der Waals surface area contributed by atoms with Crippen molar-refractivity contribution < 1.29 is 9.59 Å². The van der Waals surface area contributed by atoms with E-state index in [4.69, 9.17) is 0 Å². The lowest BCUT2D eigenvalue weighted by Gasteiger charge is -2.23. The molecule has 3 aromatic carbocycles. The molecule has 5 nitrogen and oxygen atoms in total. The largest absolute Gasteiger partial charge is 0.281 e. The Morgan fingerprint density at radius 1 is 0.750 bits per heavy atom. The van der Waals surface area contributed by atoms with E-state index < -0.39 is 0 Å². The van der Waals surface area contributed by atoms with E-state index in [0.717, 1.165) is 16.9 Å². The van der Waals surface area contributed by atoms with Crippen LogP contribution in [0.3, 0.4) is 0 Å². The lowest BCUT2D eigenvalue weighted by atomic mass is 10.2. The number of hydrogen-bond donors (Lipinski definition) is 1. The van der Waals surface area contributed by atoms with Crippen LogP contribution < -0.4 is 10.3 Å². The van der Waals surface area contributed by atoms with Crippen molar-refractivity contribution in [3.63, 3.8) is 0 Å². The second-order valence-corrected chi connectivity index (χ2v) is 6.10. The Bertz CT molecular complexity index is 886. The van der Waals surface area contributed by atoms with Gasteiger partial charge in [0.1, 0.15) is 0 Å². The fourth-order valence-electron chi connectivity index (χ4n) is 2.70. The molecule has 0 aliphatic heterocycles. The number of amides is 2. The summed E-state index contributed by atoms with van der Waals surface area (Å²) in [5.41, 5.74) is 4.88. The van der Waals surface area contributed by atoms with Crippen LogP contribution in [-0.2, 0) is 9.59 Å². The maximum atomic E-state index is 12.9. The number of para-hydroxylation sites is 2. The van der Waals surface area contributed by atoms with Crippen LogP contribution in [-0.4, -0.2) is 18.0 Å². The first-order valence-corrected chi connectivity index (χ1v) is 9.04. The average molecular weight is 371 g/mol. The normalized spacial score (nSPS) is 10.6. The van der Waals surface area contributed by atoms with Crippen LogP contribution in [0.4, 0.5) is 11.4 Å². The molecule has 0 aromatic heterocycles. The molecular formula is C23H21N3O2. The van der Waals surface area contributed by atoms with Gasteiger partial charge in [-0.05, 0) is 29.8 Å². The maximum absolute atomic E-state index is 12.9. The van der Waals surface area contributed by atoms with E-state index in [1.165, 1.54) is 0 Å². The zero-order chi connectivity index (χ0) is 19.6. The average Bonchev–Trinajstić information content (AvgIpc) is 2.75. The highest BCUT2D eigenvalue weighted by molar-refractivity contribution is 6.01. The van der Waals surface area contributed by atoms with Crippen LogP contribution in [0.5, 0.6) is 0 Å². The molecule has 3 rings (SSSR count). The first-order valence-electron chi connectivity index (χ1n) is 9.04. The van der Waals surface area contributed by atoms with E-state index in [1.54, 1.807) is 11.1 Å². The SMILES string of the molecule is O=C(CCC(=O)N(c1ccccc1)c1ccccc1)N/N=C\c1ccccc1. The highest BCUT2D eigenvalue weighted by Crippen LogP contribution is 2.26. The molecule has 0 spiro atoms. The van der Waals surface area contributed by atoms with Crippen molar-refractivity contribution in [3.8, 4) is 0 Å². The van der Waals surface area contributed by atoms with Crippen LogP contribution in [0.15, 0.2) is 96.1 Å². The van der Waals surface area contributed by atoms with Gasteiger partial charge in [0, 0.05) is 24.2 Å². The summed E-state index contributed by atoms with van der Waals surface area (Å²) in [5.74, 6) is -0.457. The Kier molecular flexibility index (Phi) is 6.68. The Morgan fingerprint density at radius 2 is 1.25 bits per heavy atom. The van der Waals surface area contributed by atoms with Crippen molar-refractivity contribution in [2.24, 2.45) is 5.10 Å². The first-order chi connectivity index (χ1) is 13.7. The monoisotopic (exact) mass is 371 g/mol. The van der Waals surface area contributed by atoms with Crippen LogP contribution >= 0.6 is 0 Å². The summed E-state index contributed by atoms with van der Waals surface area (Å²) < 4.78 is 0. The molecule has 0 atom stereocenters. The quantitative estimate of drug-likeness (QED) is 0.498. The number of rotatable bonds is 7. The van der Waals surface area contributed by atoms with E-state index in [1.807, 2.05) is 91.0 Å².